The molecule has 2 rings (SSSR count). The molecule has 19 heavy (non-hydrogen) atoms. The molecule has 0 saturated carbocycles. The molecule has 0 radical (unpaired) electrons. The van der Waals surface area contributed by atoms with Crippen LogP contribution in [0.3, 0.4) is 0 Å². The first-order valence-electron chi connectivity index (χ1n) is 6.32. The van der Waals surface area contributed by atoms with Gasteiger partial charge in [0, 0.05) is 7.11 Å². The second kappa shape index (κ2) is 5.48. The molecule has 1 heterocycles. The lowest BCUT2D eigenvalue weighted by Gasteiger charge is -2.31. The van der Waals surface area contributed by atoms with Crippen LogP contribution in [-0.2, 0) is 9.53 Å². The lowest BCUT2D eigenvalue weighted by atomic mass is 10.1. The van der Waals surface area contributed by atoms with Gasteiger partial charge in [0.1, 0.15) is 5.75 Å². The van der Waals surface area contributed by atoms with Gasteiger partial charge in [-0.1, -0.05) is 12.1 Å². The molecule has 5 nitrogen and oxygen atoms in total. The number of carbonyl (C=O) groups excluding carboxylic acids is 1. The third-order valence-electron chi connectivity index (χ3n) is 2.89. The van der Waals surface area contributed by atoms with Crippen LogP contribution in [0.4, 0.5) is 5.69 Å². The number of nitrogens with one attached hydrogen (secondary N) is 2. The largest absolute Gasteiger partial charge is 0.477 e. The lowest BCUT2D eigenvalue weighted by molar-refractivity contribution is -0.129. The smallest absolute Gasteiger partial charge is 0.263 e. The van der Waals surface area contributed by atoms with Crippen LogP contribution in [0.1, 0.15) is 13.8 Å². The van der Waals surface area contributed by atoms with E-state index in [-0.39, 0.29) is 5.91 Å². The quantitative estimate of drug-likeness (QED) is 0.863. The topological polar surface area (TPSA) is 59.6 Å². The molecule has 104 valence electrons. The van der Waals surface area contributed by atoms with E-state index in [0.717, 1.165) is 5.69 Å². The average molecular weight is 264 g/mol. The summed E-state index contributed by atoms with van der Waals surface area (Å²) in [6.45, 7) is 4.75. The van der Waals surface area contributed by atoms with E-state index in [1.165, 1.54) is 0 Å². The highest BCUT2D eigenvalue weighted by Gasteiger charge is 2.29. The van der Waals surface area contributed by atoms with Crippen LogP contribution in [0.2, 0.25) is 0 Å². The predicted molar refractivity (Wildman–Crippen MR) is 73.4 cm³/mol. The zero-order valence-electron chi connectivity index (χ0n) is 11.5. The Kier molecular flexibility index (Phi) is 3.95. The molecular formula is C14H20N2O3. The summed E-state index contributed by atoms with van der Waals surface area (Å²) >= 11 is 0. The Labute approximate surface area is 113 Å². The van der Waals surface area contributed by atoms with Crippen LogP contribution in [0.25, 0.3) is 0 Å². The van der Waals surface area contributed by atoms with Crippen molar-refractivity contribution in [2.24, 2.45) is 0 Å². The van der Waals surface area contributed by atoms with Gasteiger partial charge in [-0.3, -0.25) is 4.79 Å². The van der Waals surface area contributed by atoms with Crippen molar-refractivity contribution in [1.29, 1.82) is 0 Å². The fourth-order valence-corrected chi connectivity index (χ4v) is 2.07. The van der Waals surface area contributed by atoms with Crippen LogP contribution in [-0.4, -0.2) is 37.8 Å². The number of anilines is 1. The Morgan fingerprint density at radius 3 is 3.00 bits per heavy atom. The Balaban J connectivity index is 1.99. The molecule has 0 spiro atoms. The first kappa shape index (κ1) is 13.7. The van der Waals surface area contributed by atoms with Gasteiger partial charge < -0.3 is 20.1 Å². The summed E-state index contributed by atoms with van der Waals surface area (Å²) in [6, 6.07) is 7.59. The minimum absolute atomic E-state index is 0.135. The fourth-order valence-electron chi connectivity index (χ4n) is 2.07. The molecule has 0 fully saturated rings. The lowest BCUT2D eigenvalue weighted by Crippen LogP contribution is -2.54. The number of hydrogen-bond acceptors (Lipinski definition) is 4. The standard InChI is InChI=1S/C14H20N2O3/c1-14(2,9-18-3)16-13(17)12-8-15-10-6-4-5-7-11(10)19-12/h4-7,12,15H,8-9H2,1-3H3,(H,16,17). The summed E-state index contributed by atoms with van der Waals surface area (Å²) in [4.78, 5) is 12.2. The third-order valence-corrected chi connectivity index (χ3v) is 2.89. The summed E-state index contributed by atoms with van der Waals surface area (Å²) in [5.41, 5.74) is 0.509. The molecule has 0 bridgehead atoms. The molecule has 1 aromatic carbocycles. The molecule has 0 aliphatic carbocycles. The summed E-state index contributed by atoms with van der Waals surface area (Å²) in [6.07, 6.45) is -0.522. The maximum atomic E-state index is 12.2. The zero-order valence-corrected chi connectivity index (χ0v) is 11.5. The van der Waals surface area contributed by atoms with Gasteiger partial charge in [0.15, 0.2) is 6.10 Å². The minimum atomic E-state index is -0.522. The molecule has 2 N–H and O–H groups in total. The second-order valence-electron chi connectivity index (χ2n) is 5.29. The summed E-state index contributed by atoms with van der Waals surface area (Å²) < 4.78 is 10.8. The van der Waals surface area contributed by atoms with Crippen molar-refractivity contribution in [3.05, 3.63) is 24.3 Å². The van der Waals surface area contributed by atoms with Crippen LogP contribution >= 0.6 is 0 Å². The van der Waals surface area contributed by atoms with E-state index in [9.17, 15) is 4.79 Å². The summed E-state index contributed by atoms with van der Waals surface area (Å²) in [7, 11) is 1.61. The number of hydrogen-bond donors (Lipinski definition) is 2. The number of ether oxygens (including phenoxy) is 2. The van der Waals surface area contributed by atoms with Crippen LogP contribution < -0.4 is 15.4 Å². The molecule has 1 aromatic rings. The van der Waals surface area contributed by atoms with Gasteiger partial charge in [0.2, 0.25) is 0 Å². The monoisotopic (exact) mass is 264 g/mol. The van der Waals surface area contributed by atoms with Crippen LogP contribution in [0.5, 0.6) is 5.75 Å². The van der Waals surface area contributed by atoms with Gasteiger partial charge in [0.25, 0.3) is 5.91 Å². The zero-order chi connectivity index (χ0) is 13.9. The minimum Gasteiger partial charge on any atom is -0.477 e. The fraction of sp³-hybridized carbons (Fsp3) is 0.500. The first-order chi connectivity index (χ1) is 9.02. The number of methoxy groups -OCH3 is 1. The molecule has 1 unspecified atom stereocenters. The number of rotatable bonds is 4. The van der Waals surface area contributed by atoms with E-state index >= 15 is 0 Å². The maximum absolute atomic E-state index is 12.2. The van der Waals surface area contributed by atoms with E-state index in [1.54, 1.807) is 7.11 Å². The highest BCUT2D eigenvalue weighted by Crippen LogP contribution is 2.28. The number of fused-ring (bicyclic) bond motifs is 1. The van der Waals surface area contributed by atoms with Gasteiger partial charge in [0.05, 0.1) is 24.4 Å². The van der Waals surface area contributed by atoms with Crippen molar-refractivity contribution in [2.45, 2.75) is 25.5 Å². The van der Waals surface area contributed by atoms with Crippen molar-refractivity contribution in [3.63, 3.8) is 0 Å². The molecule has 0 saturated heterocycles. The third kappa shape index (κ3) is 3.38. The summed E-state index contributed by atoms with van der Waals surface area (Å²) in [5, 5.41) is 6.12. The molecule has 1 aliphatic heterocycles. The van der Waals surface area contributed by atoms with Gasteiger partial charge >= 0.3 is 0 Å². The average Bonchev–Trinajstić information content (AvgIpc) is 2.37. The Morgan fingerprint density at radius 1 is 1.53 bits per heavy atom. The number of amides is 1. The van der Waals surface area contributed by atoms with Crippen molar-refractivity contribution in [2.75, 3.05) is 25.6 Å². The molecule has 1 amide bonds. The number of carbonyl (C=O) groups is 1. The van der Waals surface area contributed by atoms with Gasteiger partial charge in [-0.25, -0.2) is 0 Å². The van der Waals surface area contributed by atoms with Crippen molar-refractivity contribution in [3.8, 4) is 5.75 Å². The number of para-hydroxylation sites is 2. The van der Waals surface area contributed by atoms with Crippen molar-refractivity contribution >= 4 is 11.6 Å². The molecule has 0 aromatic heterocycles. The van der Waals surface area contributed by atoms with E-state index in [2.05, 4.69) is 10.6 Å². The van der Waals surface area contributed by atoms with Crippen molar-refractivity contribution in [1.82, 2.24) is 5.32 Å². The normalized spacial score (nSPS) is 17.9. The van der Waals surface area contributed by atoms with Crippen molar-refractivity contribution < 1.29 is 14.3 Å². The van der Waals surface area contributed by atoms with E-state index in [4.69, 9.17) is 9.47 Å². The van der Waals surface area contributed by atoms with Crippen LogP contribution in [0, 0.1) is 0 Å². The molecule has 5 heteroatoms. The molecule has 1 atom stereocenters. The highest BCUT2D eigenvalue weighted by atomic mass is 16.5. The van der Waals surface area contributed by atoms with Gasteiger partial charge in [-0.15, -0.1) is 0 Å². The predicted octanol–water partition coefficient (Wildman–Crippen LogP) is 1.40. The summed E-state index contributed by atoms with van der Waals surface area (Å²) in [5.74, 6) is 0.572. The van der Waals surface area contributed by atoms with Gasteiger partial charge in [-0.05, 0) is 26.0 Å². The first-order valence-corrected chi connectivity index (χ1v) is 6.32. The SMILES string of the molecule is COCC(C)(C)NC(=O)C1CNc2ccccc2O1. The molecular weight excluding hydrogens is 244 g/mol. The highest BCUT2D eigenvalue weighted by molar-refractivity contribution is 5.83. The Bertz CT molecular complexity index is 460. The number of benzene rings is 1. The van der Waals surface area contributed by atoms with E-state index in [0.29, 0.717) is 18.9 Å². The van der Waals surface area contributed by atoms with Crippen LogP contribution in [0.15, 0.2) is 24.3 Å². The maximum Gasteiger partial charge on any atom is 0.263 e. The second-order valence-corrected chi connectivity index (χ2v) is 5.29. The van der Waals surface area contributed by atoms with E-state index < -0.39 is 11.6 Å². The van der Waals surface area contributed by atoms with E-state index in [1.807, 2.05) is 38.1 Å². The Hall–Kier alpha value is -1.75. The molecule has 1 aliphatic rings. The Morgan fingerprint density at radius 2 is 2.26 bits per heavy atom. The van der Waals surface area contributed by atoms with Gasteiger partial charge in [-0.2, -0.15) is 0 Å².